The minimum absolute atomic E-state index is 0.0127. The quantitative estimate of drug-likeness (QED) is 0.115. The number of allylic oxidation sites excluding steroid dienone is 3. The number of imide groups is 1. The molecule has 66 heavy (non-hydrogen) atoms. The first-order chi connectivity index (χ1) is 31.1. The second-order valence-corrected chi connectivity index (χ2v) is 21.4. The van der Waals surface area contributed by atoms with Crippen molar-refractivity contribution in [2.24, 2.45) is 23.7 Å². The number of nitrogens with one attached hydrogen (secondary N) is 2. The molecule has 6 rings (SSSR count). The van der Waals surface area contributed by atoms with Gasteiger partial charge in [0.1, 0.15) is 17.8 Å². The van der Waals surface area contributed by atoms with Gasteiger partial charge in [-0.3, -0.25) is 34.2 Å². The lowest BCUT2D eigenvalue weighted by molar-refractivity contribution is -0.142. The number of amides is 5. The molecule has 4 fully saturated rings. The number of epoxide rings is 1. The molecule has 1 unspecified atom stereocenters. The second-order valence-electron chi connectivity index (χ2n) is 19.7. The number of fused-ring (bicyclic) bond motifs is 5. The van der Waals surface area contributed by atoms with Crippen molar-refractivity contribution >= 4 is 64.6 Å². The maximum Gasteiger partial charge on any atom is 0.409 e. The largest absolute Gasteiger partial charge is 0.446 e. The zero-order valence-electron chi connectivity index (χ0n) is 39.9. The maximum absolute atomic E-state index is 14.4. The summed E-state index contributed by atoms with van der Waals surface area (Å²) in [4.78, 5) is 82.9. The molecule has 3 N–H and O–H groups in total. The average molecular weight is 958 g/mol. The first kappa shape index (κ1) is 51.6. The minimum atomic E-state index is -1.80. The molecule has 0 spiro atoms. The number of rotatable bonds is 13. The van der Waals surface area contributed by atoms with E-state index in [2.05, 4.69) is 10.6 Å². The van der Waals surface area contributed by atoms with Crippen molar-refractivity contribution in [3.8, 4) is 0 Å². The molecule has 1 aromatic rings. The van der Waals surface area contributed by atoms with Gasteiger partial charge in [-0.1, -0.05) is 48.4 Å². The molecule has 0 radical (unpaired) electrons. The molecule has 364 valence electrons. The lowest BCUT2D eigenvalue weighted by atomic mass is 9.77. The Kier molecular flexibility index (Phi) is 16.6. The molecule has 5 amide bonds. The van der Waals surface area contributed by atoms with Gasteiger partial charge in [-0.15, -0.1) is 11.8 Å². The van der Waals surface area contributed by atoms with E-state index < -0.39 is 58.4 Å². The smallest absolute Gasteiger partial charge is 0.409 e. The molecule has 8 atom stereocenters. The Morgan fingerprint density at radius 2 is 1.80 bits per heavy atom. The zero-order chi connectivity index (χ0) is 48.3. The molecule has 3 saturated heterocycles. The van der Waals surface area contributed by atoms with E-state index in [9.17, 15) is 33.9 Å². The van der Waals surface area contributed by atoms with E-state index in [0.717, 1.165) is 42.4 Å². The Morgan fingerprint density at radius 3 is 2.48 bits per heavy atom. The summed E-state index contributed by atoms with van der Waals surface area (Å²) < 4.78 is 24.1. The number of Topliss-reactive ketones (excluding diaryl/α,β-unsaturated/α-hetero) is 1. The van der Waals surface area contributed by atoms with Crippen LogP contribution in [0.5, 0.6) is 0 Å². The molecule has 4 heterocycles. The average Bonchev–Trinajstić information content (AvgIpc) is 3.90. The van der Waals surface area contributed by atoms with Crippen molar-refractivity contribution in [2.75, 3.05) is 45.0 Å². The topological polar surface area (TPSA) is 193 Å². The zero-order valence-corrected chi connectivity index (χ0v) is 41.5. The van der Waals surface area contributed by atoms with Gasteiger partial charge in [-0.2, -0.15) is 0 Å². The monoisotopic (exact) mass is 956 g/mol. The number of hydrogen-bond donors (Lipinski definition) is 3. The van der Waals surface area contributed by atoms with E-state index in [-0.39, 0.29) is 73.5 Å². The summed E-state index contributed by atoms with van der Waals surface area (Å²) in [5.74, 6) is -1.16. The number of aliphatic hydroxyl groups is 1. The van der Waals surface area contributed by atoms with Crippen LogP contribution in [0.2, 0.25) is 5.02 Å². The van der Waals surface area contributed by atoms with E-state index in [1.165, 1.54) is 28.7 Å². The molecular weight excluding hydrogens is 888 g/mol. The summed E-state index contributed by atoms with van der Waals surface area (Å²) in [5.41, 5.74) is -0.773. The molecule has 0 aromatic heterocycles. The third-order valence-electron chi connectivity index (χ3n) is 14.5. The van der Waals surface area contributed by atoms with Crippen LogP contribution in [0.1, 0.15) is 104 Å². The van der Waals surface area contributed by atoms with E-state index in [0.29, 0.717) is 35.8 Å². The molecule has 1 saturated carbocycles. The Hall–Kier alpha value is -3.80. The molecule has 4 bridgehead atoms. The van der Waals surface area contributed by atoms with Gasteiger partial charge in [0.15, 0.2) is 11.5 Å². The van der Waals surface area contributed by atoms with E-state index in [1.807, 2.05) is 45.9 Å². The highest BCUT2D eigenvalue weighted by Gasteiger charge is 2.63. The van der Waals surface area contributed by atoms with Crippen molar-refractivity contribution in [1.29, 1.82) is 0 Å². The number of ketones is 1. The fourth-order valence-electron chi connectivity index (χ4n) is 10.1. The van der Waals surface area contributed by atoms with Crippen LogP contribution in [-0.4, -0.2) is 126 Å². The van der Waals surface area contributed by atoms with Gasteiger partial charge in [-0.05, 0) is 102 Å². The summed E-state index contributed by atoms with van der Waals surface area (Å²) in [6.45, 7) is 11.6. The number of anilines is 1. The number of aryl methyl sites for hydroxylation is 1. The number of methoxy groups -OCH3 is 1. The number of carbonyl (C=O) groups is 6. The summed E-state index contributed by atoms with van der Waals surface area (Å²) in [7, 11) is 4.77. The van der Waals surface area contributed by atoms with Crippen molar-refractivity contribution < 1.29 is 52.8 Å². The SMILES string of the molecule is CNC(=O)C1CCC(CN2C(=O)CC(SCCCOC(C)(C)C(=O)C[C@H]3CC(=O)N(C)c4cc(cc(C)c4Cl)C/C(C)=C/C=C/[C@@H](OC)[C@@]4(O)C[C@H](OC(=O)N4)[C@@H](C)[C@@H]4O[C@@]34C)C2=O)CC1. The fourth-order valence-corrected chi connectivity index (χ4v) is 11.4. The lowest BCUT2D eigenvalue weighted by Gasteiger charge is -2.42. The van der Waals surface area contributed by atoms with Crippen LogP contribution in [0.25, 0.3) is 0 Å². The lowest BCUT2D eigenvalue weighted by Crippen LogP contribution is -2.63. The van der Waals surface area contributed by atoms with Crippen LogP contribution in [0.15, 0.2) is 35.9 Å². The number of halogens is 1. The van der Waals surface area contributed by atoms with Crippen LogP contribution in [0.3, 0.4) is 0 Å². The Labute approximate surface area is 398 Å². The maximum atomic E-state index is 14.4. The van der Waals surface area contributed by atoms with Crippen molar-refractivity contribution in [3.63, 3.8) is 0 Å². The van der Waals surface area contributed by atoms with Gasteiger partial charge in [0.05, 0.1) is 27.7 Å². The van der Waals surface area contributed by atoms with E-state index in [4.69, 9.17) is 30.5 Å². The molecule has 1 aliphatic carbocycles. The van der Waals surface area contributed by atoms with E-state index >= 15 is 0 Å². The molecule has 5 aliphatic rings. The summed E-state index contributed by atoms with van der Waals surface area (Å²) in [6.07, 6.45) is 6.50. The second kappa shape index (κ2) is 21.2. The van der Waals surface area contributed by atoms with Crippen LogP contribution in [0, 0.1) is 30.6 Å². The minimum Gasteiger partial charge on any atom is -0.446 e. The number of alkyl carbamates (subject to hydrolysis) is 1. The number of hydrogen-bond acceptors (Lipinski definition) is 12. The van der Waals surface area contributed by atoms with Gasteiger partial charge in [0.2, 0.25) is 23.6 Å². The molecule has 17 heteroatoms. The molecule has 15 nitrogen and oxygen atoms in total. The predicted molar refractivity (Wildman–Crippen MR) is 252 cm³/mol. The third-order valence-corrected chi connectivity index (χ3v) is 16.2. The van der Waals surface area contributed by atoms with Gasteiger partial charge in [0, 0.05) is 77.8 Å². The Morgan fingerprint density at radius 1 is 1.09 bits per heavy atom. The highest BCUT2D eigenvalue weighted by atomic mass is 35.5. The number of ether oxygens (including phenoxy) is 4. The van der Waals surface area contributed by atoms with Gasteiger partial charge in [-0.25, -0.2) is 4.79 Å². The predicted octanol–water partition coefficient (Wildman–Crippen LogP) is 6.23. The van der Waals surface area contributed by atoms with Crippen LogP contribution >= 0.6 is 23.4 Å². The van der Waals surface area contributed by atoms with Crippen LogP contribution in [-0.2, 0) is 49.3 Å². The van der Waals surface area contributed by atoms with Crippen molar-refractivity contribution in [2.45, 2.75) is 146 Å². The number of likely N-dealkylation sites (tertiary alicyclic amines) is 1. The highest BCUT2D eigenvalue weighted by Crippen LogP contribution is 2.52. The summed E-state index contributed by atoms with van der Waals surface area (Å²) in [5, 5.41) is 17.1. The molecule has 1 aromatic carbocycles. The highest BCUT2D eigenvalue weighted by molar-refractivity contribution is 8.00. The Bertz CT molecular complexity index is 2090. The molecular formula is C49H69ClN4O11S. The number of benzene rings is 1. The van der Waals surface area contributed by atoms with Gasteiger partial charge >= 0.3 is 6.09 Å². The number of nitrogens with zero attached hydrogens (tertiary/aromatic N) is 2. The molecule has 4 aliphatic heterocycles. The fraction of sp³-hybridized carbons (Fsp3) is 0.673. The number of carbonyl (C=O) groups excluding carboxylic acids is 6. The third kappa shape index (κ3) is 11.7. The first-order valence-electron chi connectivity index (χ1n) is 23.3. The standard InChI is InChI=1S/C49H69ClN4O11S/c1-28-12-10-13-39(62-9)49(61)26-36(64-46(60)52-49)30(3)43-48(6,65-43)34(24-40(56)53(8)35-22-32(20-28)21-29(2)42(35)50)23-38(55)47(4,5)63-18-11-19-66-37-25-41(57)54(45(37)59)27-31-14-16-33(17-15-31)44(58)51-7/h10,12-13,21-22,30-31,33-34,36-37,39,43,61H,11,14-20,23-27H2,1-9H3,(H,51,58)(H,52,60)/b13-10+,28-12+/t30-,31?,33?,34+,36+,37?,39-,43+,48+,49+/m1/s1. The first-order valence-corrected chi connectivity index (χ1v) is 24.7. The van der Waals surface area contributed by atoms with Crippen molar-refractivity contribution in [3.05, 3.63) is 52.1 Å². The van der Waals surface area contributed by atoms with Crippen molar-refractivity contribution in [1.82, 2.24) is 15.5 Å². The normalized spacial score (nSPS) is 33.3. The van der Waals surface area contributed by atoms with Gasteiger partial charge < -0.3 is 34.3 Å². The van der Waals surface area contributed by atoms with E-state index in [1.54, 1.807) is 40.1 Å². The summed E-state index contributed by atoms with van der Waals surface area (Å²) in [6, 6.07) is 3.88. The number of thioether (sulfide) groups is 1. The summed E-state index contributed by atoms with van der Waals surface area (Å²) >= 11 is 8.28. The van der Waals surface area contributed by atoms with Crippen LogP contribution < -0.4 is 15.5 Å². The van der Waals surface area contributed by atoms with Crippen LogP contribution in [0.4, 0.5) is 10.5 Å². The van der Waals surface area contributed by atoms with Gasteiger partial charge in [0.25, 0.3) is 0 Å². The Balaban J connectivity index is 1.12.